The summed E-state index contributed by atoms with van der Waals surface area (Å²) in [4.78, 5) is 12.3. The molecule has 152 valence electrons. The molecule has 6 nitrogen and oxygen atoms in total. The number of halogens is 1. The van der Waals surface area contributed by atoms with Gasteiger partial charge >= 0.3 is 0 Å². The Morgan fingerprint density at radius 3 is 2.61 bits per heavy atom. The number of hydrogen-bond acceptors (Lipinski definition) is 5. The second kappa shape index (κ2) is 9.91. The highest BCUT2D eigenvalue weighted by molar-refractivity contribution is 7.90. The highest BCUT2D eigenvalue weighted by Gasteiger charge is 2.19. The maximum atomic E-state index is 12.1. The number of fused-ring (bicyclic) bond motifs is 1. The van der Waals surface area contributed by atoms with Crippen molar-refractivity contribution in [3.05, 3.63) is 59.7 Å². The third-order valence-electron chi connectivity index (χ3n) is 4.57. The van der Waals surface area contributed by atoms with E-state index in [4.69, 9.17) is 4.74 Å². The van der Waals surface area contributed by atoms with Crippen molar-refractivity contribution in [1.82, 2.24) is 10.6 Å². The van der Waals surface area contributed by atoms with Crippen LogP contribution < -0.4 is 15.4 Å². The lowest BCUT2D eigenvalue weighted by Crippen LogP contribution is -2.39. The molecule has 0 spiro atoms. The van der Waals surface area contributed by atoms with E-state index in [1.54, 1.807) is 12.1 Å². The molecule has 1 aliphatic rings. The lowest BCUT2D eigenvalue weighted by Gasteiger charge is -2.27. The van der Waals surface area contributed by atoms with Gasteiger partial charge in [-0.05, 0) is 48.4 Å². The van der Waals surface area contributed by atoms with Gasteiger partial charge < -0.3 is 15.4 Å². The summed E-state index contributed by atoms with van der Waals surface area (Å²) < 4.78 is 28.4. The predicted octanol–water partition coefficient (Wildman–Crippen LogP) is 2.28. The van der Waals surface area contributed by atoms with Gasteiger partial charge in [0, 0.05) is 18.8 Å². The van der Waals surface area contributed by atoms with E-state index in [0.717, 1.165) is 19.2 Å². The van der Waals surface area contributed by atoms with E-state index < -0.39 is 9.84 Å². The molecule has 1 heterocycles. The molecule has 0 bridgehead atoms. The van der Waals surface area contributed by atoms with Crippen LogP contribution in [0, 0.1) is 0 Å². The van der Waals surface area contributed by atoms with Crippen LogP contribution in [0.1, 0.15) is 23.6 Å². The van der Waals surface area contributed by atoms with Crippen molar-refractivity contribution in [3.8, 4) is 5.75 Å². The summed E-state index contributed by atoms with van der Waals surface area (Å²) in [5.74, 6) is 0.464. The molecule has 1 aliphatic heterocycles. The molecule has 0 fully saturated rings. The molecule has 2 aromatic rings. The average Bonchev–Trinajstić information content (AvgIpc) is 2.66. The molecular weight excluding hydrogens is 400 g/mol. The number of amides is 1. The van der Waals surface area contributed by atoms with Crippen LogP contribution >= 0.6 is 12.4 Å². The van der Waals surface area contributed by atoms with Gasteiger partial charge in [0.2, 0.25) is 5.91 Å². The summed E-state index contributed by atoms with van der Waals surface area (Å²) in [7, 11) is -3.22. The van der Waals surface area contributed by atoms with Crippen molar-refractivity contribution in [2.75, 3.05) is 26.0 Å². The summed E-state index contributed by atoms with van der Waals surface area (Å²) in [5, 5.41) is 6.38. The molecule has 1 atom stereocenters. The highest BCUT2D eigenvalue weighted by atomic mass is 35.5. The van der Waals surface area contributed by atoms with Crippen molar-refractivity contribution in [3.63, 3.8) is 0 Å². The Bertz CT molecular complexity index is 901. The standard InChI is InChI=1S/C20H24N2O4S.ClH/c1-27(24,25)17-8-6-16(7-9-17)26-13-11-20(23)22-14-19-18-5-3-2-4-15(18)10-12-21-19;/h2-9,19,21H,10-14H2,1H3,(H,22,23);1H. The fourth-order valence-corrected chi connectivity index (χ4v) is 3.75. The van der Waals surface area contributed by atoms with Gasteiger partial charge in [-0.15, -0.1) is 12.4 Å². The molecule has 28 heavy (non-hydrogen) atoms. The number of nitrogens with one attached hydrogen (secondary N) is 2. The molecule has 2 N–H and O–H groups in total. The molecule has 0 saturated carbocycles. The Kier molecular flexibility index (Phi) is 7.86. The SMILES string of the molecule is CS(=O)(=O)c1ccc(OCCC(=O)NCC2NCCc3ccccc32)cc1.Cl. The van der Waals surface area contributed by atoms with Crippen LogP contribution in [-0.4, -0.2) is 40.3 Å². The fraction of sp³-hybridized carbons (Fsp3) is 0.350. The Morgan fingerprint density at radius 2 is 1.89 bits per heavy atom. The Labute approximate surface area is 172 Å². The van der Waals surface area contributed by atoms with E-state index in [9.17, 15) is 13.2 Å². The second-order valence-electron chi connectivity index (χ2n) is 6.60. The second-order valence-corrected chi connectivity index (χ2v) is 8.62. The molecule has 0 aliphatic carbocycles. The van der Waals surface area contributed by atoms with Gasteiger partial charge in [0.25, 0.3) is 0 Å². The van der Waals surface area contributed by atoms with E-state index in [1.165, 1.54) is 23.3 Å². The van der Waals surface area contributed by atoms with Crippen molar-refractivity contribution in [1.29, 1.82) is 0 Å². The van der Waals surface area contributed by atoms with Gasteiger partial charge in [-0.3, -0.25) is 4.79 Å². The van der Waals surface area contributed by atoms with Crippen molar-refractivity contribution in [2.24, 2.45) is 0 Å². The first-order chi connectivity index (χ1) is 12.9. The number of benzene rings is 2. The van der Waals surface area contributed by atoms with Crippen LogP contribution in [0.3, 0.4) is 0 Å². The summed E-state index contributed by atoms with van der Waals surface area (Å²) >= 11 is 0. The minimum Gasteiger partial charge on any atom is -0.493 e. The molecule has 8 heteroatoms. The topological polar surface area (TPSA) is 84.5 Å². The van der Waals surface area contributed by atoms with Crippen LogP contribution in [0.25, 0.3) is 0 Å². The monoisotopic (exact) mass is 424 g/mol. The van der Waals surface area contributed by atoms with E-state index in [-0.39, 0.29) is 42.3 Å². The van der Waals surface area contributed by atoms with Crippen LogP contribution in [0.15, 0.2) is 53.4 Å². The Morgan fingerprint density at radius 1 is 1.18 bits per heavy atom. The number of sulfone groups is 1. The van der Waals surface area contributed by atoms with E-state index in [0.29, 0.717) is 12.3 Å². The van der Waals surface area contributed by atoms with Crippen LogP contribution in [0.4, 0.5) is 0 Å². The van der Waals surface area contributed by atoms with E-state index in [2.05, 4.69) is 22.8 Å². The quantitative estimate of drug-likeness (QED) is 0.712. The lowest BCUT2D eigenvalue weighted by molar-refractivity contribution is -0.121. The maximum absolute atomic E-state index is 12.1. The molecular formula is C20H25ClN2O4S. The maximum Gasteiger partial charge on any atom is 0.223 e. The number of ether oxygens (including phenoxy) is 1. The van der Waals surface area contributed by atoms with Crippen LogP contribution in [0.2, 0.25) is 0 Å². The lowest BCUT2D eigenvalue weighted by atomic mass is 9.94. The smallest absolute Gasteiger partial charge is 0.223 e. The number of rotatable bonds is 7. The van der Waals surface area contributed by atoms with Crippen LogP contribution in [0.5, 0.6) is 5.75 Å². The van der Waals surface area contributed by atoms with Crippen molar-refractivity contribution < 1.29 is 17.9 Å². The van der Waals surface area contributed by atoms with Gasteiger partial charge in [-0.25, -0.2) is 8.42 Å². The zero-order valence-corrected chi connectivity index (χ0v) is 17.3. The molecule has 0 saturated heterocycles. The number of hydrogen-bond donors (Lipinski definition) is 2. The van der Waals surface area contributed by atoms with Crippen molar-refractivity contribution >= 4 is 28.2 Å². The fourth-order valence-electron chi connectivity index (χ4n) is 3.12. The van der Waals surface area contributed by atoms with Gasteiger partial charge in [-0.2, -0.15) is 0 Å². The molecule has 1 amide bonds. The molecule has 3 rings (SSSR count). The predicted molar refractivity (Wildman–Crippen MR) is 111 cm³/mol. The Balaban J connectivity index is 0.00000280. The molecule has 2 aromatic carbocycles. The molecule has 0 radical (unpaired) electrons. The largest absolute Gasteiger partial charge is 0.493 e. The summed E-state index contributed by atoms with van der Waals surface area (Å²) in [5.41, 5.74) is 2.57. The zero-order valence-electron chi connectivity index (χ0n) is 15.7. The summed E-state index contributed by atoms with van der Waals surface area (Å²) in [6, 6.07) is 14.6. The van der Waals surface area contributed by atoms with Gasteiger partial charge in [0.05, 0.1) is 17.9 Å². The van der Waals surface area contributed by atoms with Crippen molar-refractivity contribution in [2.45, 2.75) is 23.8 Å². The Hall–Kier alpha value is -2.09. The third-order valence-corrected chi connectivity index (χ3v) is 5.70. The van der Waals surface area contributed by atoms with Gasteiger partial charge in [-0.1, -0.05) is 24.3 Å². The average molecular weight is 425 g/mol. The first kappa shape index (κ1) is 22.2. The summed E-state index contributed by atoms with van der Waals surface area (Å²) in [6.07, 6.45) is 2.40. The summed E-state index contributed by atoms with van der Waals surface area (Å²) in [6.45, 7) is 1.68. The van der Waals surface area contributed by atoms with Gasteiger partial charge in [0.15, 0.2) is 9.84 Å². The van der Waals surface area contributed by atoms with Gasteiger partial charge in [0.1, 0.15) is 5.75 Å². The minimum absolute atomic E-state index is 0. The first-order valence-electron chi connectivity index (χ1n) is 8.94. The number of carbonyl (C=O) groups is 1. The van der Waals surface area contributed by atoms with E-state index in [1.807, 2.05) is 12.1 Å². The van der Waals surface area contributed by atoms with Crippen LogP contribution in [-0.2, 0) is 21.1 Å². The molecule has 1 unspecified atom stereocenters. The highest BCUT2D eigenvalue weighted by Crippen LogP contribution is 2.22. The number of carbonyl (C=O) groups excluding carboxylic acids is 1. The third kappa shape index (κ3) is 5.95. The zero-order chi connectivity index (χ0) is 19.3. The first-order valence-corrected chi connectivity index (χ1v) is 10.8. The normalized spacial score (nSPS) is 15.8. The molecule has 0 aromatic heterocycles. The minimum atomic E-state index is -3.22. The van der Waals surface area contributed by atoms with E-state index >= 15 is 0 Å².